The third-order valence-corrected chi connectivity index (χ3v) is 3.55. The molecular formula is C11H19N3O3. The summed E-state index contributed by atoms with van der Waals surface area (Å²) in [5, 5.41) is 15.4. The number of nitrogens with zero attached hydrogens (tertiary/aromatic N) is 1. The number of hydrogen-bond acceptors (Lipinski definition) is 4. The van der Waals surface area contributed by atoms with Crippen molar-refractivity contribution in [2.45, 2.75) is 30.8 Å². The first-order chi connectivity index (χ1) is 8.01. The van der Waals surface area contributed by atoms with E-state index in [-0.39, 0.29) is 23.9 Å². The molecule has 0 aromatic heterocycles. The lowest BCUT2D eigenvalue weighted by Gasteiger charge is -2.46. The molecule has 17 heavy (non-hydrogen) atoms. The van der Waals surface area contributed by atoms with Crippen LogP contribution in [0.4, 0.5) is 0 Å². The number of rotatable bonds is 4. The number of hydrogen-bond donors (Lipinski definition) is 3. The standard InChI is InChI=1S/C11H19N3O3/c1-14-5-8(2-3-9(14)15)13-11(4-10(16)17)6-12-7-11/h8,12-13H,2-7H2,1H3,(H,16,17). The SMILES string of the molecule is CN1CC(NC2(CC(=O)O)CNC2)CCC1=O. The summed E-state index contributed by atoms with van der Waals surface area (Å²) in [4.78, 5) is 23.9. The number of nitrogens with one attached hydrogen (secondary N) is 2. The van der Waals surface area contributed by atoms with Crippen molar-refractivity contribution in [3.8, 4) is 0 Å². The molecule has 0 aliphatic carbocycles. The summed E-state index contributed by atoms with van der Waals surface area (Å²) in [7, 11) is 1.79. The van der Waals surface area contributed by atoms with E-state index >= 15 is 0 Å². The molecule has 2 aliphatic rings. The van der Waals surface area contributed by atoms with Gasteiger partial charge < -0.3 is 20.6 Å². The number of piperidine rings is 1. The summed E-state index contributed by atoms with van der Waals surface area (Å²) >= 11 is 0. The van der Waals surface area contributed by atoms with Gasteiger partial charge in [-0.05, 0) is 6.42 Å². The molecule has 0 radical (unpaired) electrons. The first kappa shape index (κ1) is 12.3. The second-order valence-electron chi connectivity index (χ2n) is 5.11. The number of amides is 1. The third kappa shape index (κ3) is 2.76. The van der Waals surface area contributed by atoms with E-state index in [4.69, 9.17) is 5.11 Å². The molecule has 0 saturated carbocycles. The van der Waals surface area contributed by atoms with Crippen molar-refractivity contribution in [1.29, 1.82) is 0 Å². The Kier molecular flexibility index (Phi) is 3.35. The zero-order valence-electron chi connectivity index (χ0n) is 10.0. The molecule has 6 nitrogen and oxygen atoms in total. The van der Waals surface area contributed by atoms with Crippen LogP contribution in [0.1, 0.15) is 19.3 Å². The summed E-state index contributed by atoms with van der Waals surface area (Å²) in [6.07, 6.45) is 1.48. The van der Waals surface area contributed by atoms with Gasteiger partial charge in [-0.2, -0.15) is 0 Å². The van der Waals surface area contributed by atoms with Crippen LogP contribution in [-0.2, 0) is 9.59 Å². The zero-order chi connectivity index (χ0) is 12.5. The summed E-state index contributed by atoms with van der Waals surface area (Å²) in [6.45, 7) is 2.04. The summed E-state index contributed by atoms with van der Waals surface area (Å²) in [5.74, 6) is -0.610. The molecular weight excluding hydrogens is 222 g/mol. The van der Waals surface area contributed by atoms with E-state index in [1.54, 1.807) is 11.9 Å². The molecule has 2 fully saturated rings. The lowest BCUT2D eigenvalue weighted by atomic mass is 9.86. The van der Waals surface area contributed by atoms with Gasteiger partial charge in [0.1, 0.15) is 0 Å². The lowest BCUT2D eigenvalue weighted by Crippen LogP contribution is -2.71. The Hall–Kier alpha value is -1.14. The fraction of sp³-hybridized carbons (Fsp3) is 0.818. The molecule has 3 N–H and O–H groups in total. The minimum atomic E-state index is -0.778. The highest BCUT2D eigenvalue weighted by Crippen LogP contribution is 2.20. The van der Waals surface area contributed by atoms with Crippen LogP contribution in [0.2, 0.25) is 0 Å². The van der Waals surface area contributed by atoms with Crippen molar-refractivity contribution in [3.63, 3.8) is 0 Å². The zero-order valence-corrected chi connectivity index (χ0v) is 10.0. The quantitative estimate of drug-likeness (QED) is 0.589. The number of aliphatic carboxylic acids is 1. The van der Waals surface area contributed by atoms with E-state index in [0.717, 1.165) is 6.42 Å². The van der Waals surface area contributed by atoms with Gasteiger partial charge in [0.2, 0.25) is 5.91 Å². The van der Waals surface area contributed by atoms with Gasteiger partial charge in [-0.1, -0.05) is 0 Å². The van der Waals surface area contributed by atoms with E-state index in [1.807, 2.05) is 0 Å². The molecule has 1 unspecified atom stereocenters. The first-order valence-corrected chi connectivity index (χ1v) is 5.95. The second-order valence-corrected chi connectivity index (χ2v) is 5.11. The number of likely N-dealkylation sites (N-methyl/N-ethyl adjacent to an activating group) is 1. The van der Waals surface area contributed by atoms with Gasteiger partial charge in [0.05, 0.1) is 12.0 Å². The number of carbonyl (C=O) groups is 2. The van der Waals surface area contributed by atoms with Crippen molar-refractivity contribution >= 4 is 11.9 Å². The van der Waals surface area contributed by atoms with Crippen molar-refractivity contribution in [1.82, 2.24) is 15.5 Å². The highest BCUT2D eigenvalue weighted by Gasteiger charge is 2.41. The fourth-order valence-electron chi connectivity index (χ4n) is 2.56. The van der Waals surface area contributed by atoms with Crippen LogP contribution in [0.3, 0.4) is 0 Å². The van der Waals surface area contributed by atoms with Crippen molar-refractivity contribution in [2.75, 3.05) is 26.7 Å². The van der Waals surface area contributed by atoms with Crippen LogP contribution in [-0.4, -0.2) is 60.1 Å². The van der Waals surface area contributed by atoms with Crippen LogP contribution in [0.5, 0.6) is 0 Å². The van der Waals surface area contributed by atoms with Gasteiger partial charge in [-0.15, -0.1) is 0 Å². The molecule has 2 aliphatic heterocycles. The van der Waals surface area contributed by atoms with Gasteiger partial charge in [0.15, 0.2) is 0 Å². The van der Waals surface area contributed by atoms with Crippen LogP contribution in [0.25, 0.3) is 0 Å². The molecule has 2 heterocycles. The highest BCUT2D eigenvalue weighted by molar-refractivity contribution is 5.76. The molecule has 0 bridgehead atoms. The van der Waals surface area contributed by atoms with Crippen LogP contribution >= 0.6 is 0 Å². The van der Waals surface area contributed by atoms with E-state index in [1.165, 1.54) is 0 Å². The van der Waals surface area contributed by atoms with Crippen LogP contribution < -0.4 is 10.6 Å². The van der Waals surface area contributed by atoms with Gasteiger partial charge in [0.25, 0.3) is 0 Å². The Morgan fingerprint density at radius 1 is 1.65 bits per heavy atom. The Labute approximate surface area is 100 Å². The average molecular weight is 241 g/mol. The highest BCUT2D eigenvalue weighted by atomic mass is 16.4. The van der Waals surface area contributed by atoms with Gasteiger partial charge in [-0.3, -0.25) is 9.59 Å². The number of carboxylic acid groups (broad SMARTS) is 1. The van der Waals surface area contributed by atoms with E-state index < -0.39 is 5.97 Å². The predicted octanol–water partition coefficient (Wildman–Crippen LogP) is -0.986. The Bertz CT molecular complexity index is 328. The molecule has 6 heteroatoms. The maximum Gasteiger partial charge on any atom is 0.305 e. The van der Waals surface area contributed by atoms with Crippen molar-refractivity contribution in [2.24, 2.45) is 0 Å². The average Bonchev–Trinajstić information content (AvgIpc) is 2.19. The van der Waals surface area contributed by atoms with Crippen molar-refractivity contribution < 1.29 is 14.7 Å². The Balaban J connectivity index is 1.91. The molecule has 2 rings (SSSR count). The molecule has 96 valence electrons. The Morgan fingerprint density at radius 2 is 2.35 bits per heavy atom. The molecule has 0 spiro atoms. The van der Waals surface area contributed by atoms with Gasteiger partial charge in [0, 0.05) is 39.1 Å². The second kappa shape index (κ2) is 4.62. The fourth-order valence-corrected chi connectivity index (χ4v) is 2.56. The molecule has 1 atom stereocenters. The number of likely N-dealkylation sites (tertiary alicyclic amines) is 1. The summed E-state index contributed by atoms with van der Waals surface area (Å²) in [5.41, 5.74) is -0.322. The smallest absolute Gasteiger partial charge is 0.305 e. The topological polar surface area (TPSA) is 81.7 Å². The number of carboxylic acids is 1. The molecule has 1 amide bonds. The molecule has 2 saturated heterocycles. The van der Waals surface area contributed by atoms with Crippen molar-refractivity contribution in [3.05, 3.63) is 0 Å². The monoisotopic (exact) mass is 241 g/mol. The normalized spacial score (nSPS) is 27.7. The summed E-state index contributed by atoms with van der Waals surface area (Å²) in [6, 6.07) is 0.208. The maximum absolute atomic E-state index is 11.4. The minimum Gasteiger partial charge on any atom is -0.481 e. The minimum absolute atomic E-state index is 0.133. The molecule has 0 aromatic carbocycles. The first-order valence-electron chi connectivity index (χ1n) is 5.95. The van der Waals surface area contributed by atoms with E-state index in [2.05, 4.69) is 10.6 Å². The van der Waals surface area contributed by atoms with Crippen LogP contribution in [0.15, 0.2) is 0 Å². The Morgan fingerprint density at radius 3 is 2.82 bits per heavy atom. The lowest BCUT2D eigenvalue weighted by molar-refractivity contribution is -0.140. The predicted molar refractivity (Wildman–Crippen MR) is 61.6 cm³/mol. The van der Waals surface area contributed by atoms with E-state index in [0.29, 0.717) is 26.1 Å². The van der Waals surface area contributed by atoms with Gasteiger partial charge in [-0.25, -0.2) is 0 Å². The third-order valence-electron chi connectivity index (χ3n) is 3.55. The molecule has 0 aromatic rings. The van der Waals surface area contributed by atoms with Gasteiger partial charge >= 0.3 is 5.97 Å². The number of carbonyl (C=O) groups excluding carboxylic acids is 1. The largest absolute Gasteiger partial charge is 0.481 e. The maximum atomic E-state index is 11.4. The van der Waals surface area contributed by atoms with Crippen LogP contribution in [0, 0.1) is 0 Å². The van der Waals surface area contributed by atoms with E-state index in [9.17, 15) is 9.59 Å². The summed E-state index contributed by atoms with van der Waals surface area (Å²) < 4.78 is 0.